The number of rotatable bonds is 10. The first-order valence-corrected chi connectivity index (χ1v) is 9.25. The van der Waals surface area contributed by atoms with Crippen LogP contribution in [0.2, 0.25) is 0 Å². The molecule has 0 aliphatic carbocycles. The molecule has 0 spiro atoms. The number of fused-ring (bicyclic) bond motifs is 1. The van der Waals surface area contributed by atoms with Gasteiger partial charge in [-0.25, -0.2) is 9.97 Å². The van der Waals surface area contributed by atoms with Gasteiger partial charge in [0.25, 0.3) is 0 Å². The van der Waals surface area contributed by atoms with E-state index in [2.05, 4.69) is 27.2 Å². The average molecular weight is 370 g/mol. The van der Waals surface area contributed by atoms with Crippen molar-refractivity contribution in [1.29, 1.82) is 0 Å². The second-order valence-corrected chi connectivity index (χ2v) is 6.42. The van der Waals surface area contributed by atoms with Gasteiger partial charge in [0.15, 0.2) is 11.6 Å². The van der Waals surface area contributed by atoms with Crippen molar-refractivity contribution in [2.24, 2.45) is 0 Å². The monoisotopic (exact) mass is 370 g/mol. The Morgan fingerprint density at radius 2 is 2.19 bits per heavy atom. The summed E-state index contributed by atoms with van der Waals surface area (Å²) in [5.74, 6) is 1.23. The molecule has 8 nitrogen and oxygen atoms in total. The number of unbranched alkanes of at least 4 members (excludes halogenated alkanes) is 1. The molecule has 3 rings (SSSR count). The number of hydrogen-bond donors (Lipinski definition) is 3. The van der Waals surface area contributed by atoms with E-state index in [0.717, 1.165) is 30.6 Å². The first-order valence-electron chi connectivity index (χ1n) is 9.25. The number of aliphatic hydroxyl groups excluding tert-OH is 1. The van der Waals surface area contributed by atoms with Crippen LogP contribution in [0, 0.1) is 0 Å². The van der Waals surface area contributed by atoms with Gasteiger partial charge >= 0.3 is 0 Å². The molecule has 0 saturated carbocycles. The maximum absolute atomic E-state index is 9.32. The maximum atomic E-state index is 9.32. The summed E-state index contributed by atoms with van der Waals surface area (Å²) >= 11 is 0. The minimum absolute atomic E-state index is 0.0989. The highest BCUT2D eigenvalue weighted by Gasteiger charge is 2.14. The Labute approximate surface area is 158 Å². The Morgan fingerprint density at radius 3 is 2.96 bits per heavy atom. The zero-order valence-electron chi connectivity index (χ0n) is 15.5. The van der Waals surface area contributed by atoms with Gasteiger partial charge in [-0.15, -0.1) is 0 Å². The molecule has 0 fully saturated rings. The molecular formula is C19H26N6O2. The lowest BCUT2D eigenvalue weighted by molar-refractivity contribution is 0.275. The van der Waals surface area contributed by atoms with E-state index < -0.39 is 0 Å². The lowest BCUT2D eigenvalue weighted by Gasteiger charge is -2.20. The number of ether oxygens (including phenoxy) is 1. The molecular weight excluding hydrogens is 344 g/mol. The van der Waals surface area contributed by atoms with Gasteiger partial charge in [0.05, 0.1) is 11.9 Å². The van der Waals surface area contributed by atoms with Gasteiger partial charge in [0.1, 0.15) is 12.3 Å². The Hall–Kier alpha value is -2.87. The molecule has 3 heterocycles. The van der Waals surface area contributed by atoms with Crippen LogP contribution in [0.1, 0.15) is 38.3 Å². The molecule has 3 aromatic heterocycles. The highest BCUT2D eigenvalue weighted by Crippen LogP contribution is 2.25. The second kappa shape index (κ2) is 9.18. The SMILES string of the molecule is CCCC[C@@H](CCO)Nc1nc(N)ncc1OCc1cn2ccccc2n1. The lowest BCUT2D eigenvalue weighted by Crippen LogP contribution is -2.22. The quantitative estimate of drug-likeness (QED) is 0.503. The topological polar surface area (TPSA) is 111 Å². The van der Waals surface area contributed by atoms with Crippen molar-refractivity contribution in [3.05, 3.63) is 42.5 Å². The lowest BCUT2D eigenvalue weighted by atomic mass is 10.1. The van der Waals surface area contributed by atoms with Crippen LogP contribution >= 0.6 is 0 Å². The predicted octanol–water partition coefficient (Wildman–Crippen LogP) is 2.64. The van der Waals surface area contributed by atoms with Crippen LogP contribution in [0.15, 0.2) is 36.8 Å². The third-order valence-corrected chi connectivity index (χ3v) is 4.29. The van der Waals surface area contributed by atoms with Crippen molar-refractivity contribution >= 4 is 17.4 Å². The summed E-state index contributed by atoms with van der Waals surface area (Å²) in [4.78, 5) is 12.8. The number of nitrogens with zero attached hydrogens (tertiary/aromatic N) is 4. The molecule has 8 heteroatoms. The minimum Gasteiger partial charge on any atom is -0.482 e. The number of anilines is 2. The molecule has 0 radical (unpaired) electrons. The number of hydrogen-bond acceptors (Lipinski definition) is 7. The molecule has 0 saturated heterocycles. The van der Waals surface area contributed by atoms with Crippen molar-refractivity contribution in [3.63, 3.8) is 0 Å². The third kappa shape index (κ3) is 5.07. The molecule has 1 atom stereocenters. The van der Waals surface area contributed by atoms with Crippen molar-refractivity contribution in [1.82, 2.24) is 19.4 Å². The molecule has 0 bridgehead atoms. The zero-order chi connectivity index (χ0) is 19.1. The molecule has 0 aliphatic rings. The van der Waals surface area contributed by atoms with Gasteiger partial charge in [-0.1, -0.05) is 25.8 Å². The van der Waals surface area contributed by atoms with E-state index in [9.17, 15) is 5.11 Å². The van der Waals surface area contributed by atoms with E-state index in [4.69, 9.17) is 10.5 Å². The van der Waals surface area contributed by atoms with E-state index in [1.807, 2.05) is 35.0 Å². The van der Waals surface area contributed by atoms with Crippen molar-refractivity contribution in [2.45, 2.75) is 45.3 Å². The third-order valence-electron chi connectivity index (χ3n) is 4.29. The fourth-order valence-electron chi connectivity index (χ4n) is 2.89. The van der Waals surface area contributed by atoms with Crippen LogP contribution in [-0.4, -0.2) is 37.1 Å². The van der Waals surface area contributed by atoms with Gasteiger partial charge in [0, 0.05) is 25.0 Å². The summed E-state index contributed by atoms with van der Waals surface area (Å²) in [6.45, 7) is 2.55. The van der Waals surface area contributed by atoms with Gasteiger partial charge < -0.3 is 25.3 Å². The second-order valence-electron chi connectivity index (χ2n) is 6.42. The molecule has 0 amide bonds. The number of imidazole rings is 1. The molecule has 0 unspecified atom stereocenters. The molecule has 27 heavy (non-hydrogen) atoms. The van der Waals surface area contributed by atoms with Gasteiger partial charge in [-0.2, -0.15) is 4.98 Å². The van der Waals surface area contributed by atoms with Crippen LogP contribution in [0.25, 0.3) is 5.65 Å². The number of pyridine rings is 1. The van der Waals surface area contributed by atoms with Crippen LogP contribution in [0.5, 0.6) is 5.75 Å². The standard InChI is InChI=1S/C19H26N6O2/c1-2-3-6-14(8-10-26)23-18-16(11-21-19(20)24-18)27-13-15-12-25-9-5-4-7-17(25)22-15/h4-5,7,9,11-12,14,26H,2-3,6,8,10,13H2,1H3,(H3,20,21,23,24)/t14-/m0/s1. The fraction of sp³-hybridized carbons (Fsp3) is 0.421. The summed E-state index contributed by atoms with van der Waals surface area (Å²) in [7, 11) is 0. The Morgan fingerprint density at radius 1 is 1.30 bits per heavy atom. The van der Waals surface area contributed by atoms with E-state index in [1.54, 1.807) is 6.20 Å². The first-order chi connectivity index (χ1) is 13.2. The Bertz CT molecular complexity index is 833. The predicted molar refractivity (Wildman–Crippen MR) is 105 cm³/mol. The van der Waals surface area contributed by atoms with E-state index in [1.165, 1.54) is 0 Å². The minimum atomic E-state index is 0.0989. The molecule has 4 N–H and O–H groups in total. The summed E-state index contributed by atoms with van der Waals surface area (Å²) in [6, 6.07) is 5.94. The highest BCUT2D eigenvalue weighted by atomic mass is 16.5. The van der Waals surface area contributed by atoms with Crippen LogP contribution in [0.3, 0.4) is 0 Å². The van der Waals surface area contributed by atoms with Crippen molar-refractivity contribution in [2.75, 3.05) is 17.7 Å². The van der Waals surface area contributed by atoms with Gasteiger partial charge in [-0.3, -0.25) is 0 Å². The Kier molecular flexibility index (Phi) is 6.43. The summed E-state index contributed by atoms with van der Waals surface area (Å²) in [5.41, 5.74) is 7.43. The van der Waals surface area contributed by atoms with Crippen LogP contribution in [-0.2, 0) is 6.61 Å². The molecule has 0 aliphatic heterocycles. The largest absolute Gasteiger partial charge is 0.482 e. The van der Waals surface area contributed by atoms with Gasteiger partial charge in [0.2, 0.25) is 5.95 Å². The van der Waals surface area contributed by atoms with Gasteiger partial charge in [-0.05, 0) is 25.0 Å². The van der Waals surface area contributed by atoms with Crippen molar-refractivity contribution < 1.29 is 9.84 Å². The van der Waals surface area contributed by atoms with E-state index >= 15 is 0 Å². The van der Waals surface area contributed by atoms with E-state index in [0.29, 0.717) is 24.6 Å². The Balaban J connectivity index is 1.72. The average Bonchev–Trinajstić information content (AvgIpc) is 3.08. The van der Waals surface area contributed by atoms with Crippen molar-refractivity contribution in [3.8, 4) is 5.75 Å². The smallest absolute Gasteiger partial charge is 0.222 e. The number of aromatic nitrogens is 4. The molecule has 3 aromatic rings. The summed E-state index contributed by atoms with van der Waals surface area (Å²) in [6.07, 6.45) is 9.16. The normalized spacial score (nSPS) is 12.2. The highest BCUT2D eigenvalue weighted by molar-refractivity contribution is 5.52. The number of nitrogens with one attached hydrogen (secondary N) is 1. The zero-order valence-corrected chi connectivity index (χ0v) is 15.5. The number of aliphatic hydroxyl groups is 1. The van der Waals surface area contributed by atoms with E-state index in [-0.39, 0.29) is 18.6 Å². The summed E-state index contributed by atoms with van der Waals surface area (Å²) < 4.78 is 7.85. The first kappa shape index (κ1) is 18.9. The summed E-state index contributed by atoms with van der Waals surface area (Å²) in [5, 5.41) is 12.7. The maximum Gasteiger partial charge on any atom is 0.222 e. The van der Waals surface area contributed by atoms with Crippen LogP contribution < -0.4 is 15.8 Å². The molecule has 0 aromatic carbocycles. The number of nitrogen functional groups attached to an aromatic ring is 1. The number of nitrogens with two attached hydrogens (primary N) is 1. The fourth-order valence-corrected chi connectivity index (χ4v) is 2.89. The van der Waals surface area contributed by atoms with Crippen LogP contribution in [0.4, 0.5) is 11.8 Å². The molecule has 144 valence electrons.